The molecule has 0 bridgehead atoms. The van der Waals surface area contributed by atoms with Crippen LogP contribution in [0.3, 0.4) is 0 Å². The lowest BCUT2D eigenvalue weighted by atomic mass is 10.3. The summed E-state index contributed by atoms with van der Waals surface area (Å²) >= 11 is 0. The minimum Gasteiger partial charge on any atom is -0.308 e. The van der Waals surface area contributed by atoms with E-state index < -0.39 is 0 Å². The van der Waals surface area contributed by atoms with Crippen molar-refractivity contribution in [2.75, 3.05) is 5.43 Å². The van der Waals surface area contributed by atoms with Crippen molar-refractivity contribution in [3.05, 3.63) is 36.4 Å². The maximum atomic E-state index is 5.47. The van der Waals surface area contributed by atoms with Crippen molar-refractivity contribution >= 4 is 11.5 Å². The van der Waals surface area contributed by atoms with E-state index in [1.165, 1.54) is 0 Å². The molecule has 0 radical (unpaired) electrons. The van der Waals surface area contributed by atoms with Gasteiger partial charge >= 0.3 is 0 Å². The number of nitrogens with zero attached hydrogens (tertiary/aromatic N) is 5. The summed E-state index contributed by atoms with van der Waals surface area (Å²) in [4.78, 5) is 12.6. The highest BCUT2D eigenvalue weighted by molar-refractivity contribution is 5.62. The summed E-state index contributed by atoms with van der Waals surface area (Å²) in [5.41, 5.74) is 5.58. The number of fused-ring (bicyclic) bond motifs is 1. The molecule has 0 unspecified atom stereocenters. The molecule has 0 aliphatic carbocycles. The van der Waals surface area contributed by atoms with Crippen LogP contribution in [0.4, 0.5) is 5.82 Å². The molecular weight excluding hydrogens is 230 g/mol. The van der Waals surface area contributed by atoms with Crippen molar-refractivity contribution < 1.29 is 0 Å². The third kappa shape index (κ3) is 1.66. The zero-order valence-electron chi connectivity index (χ0n) is 9.70. The van der Waals surface area contributed by atoms with Gasteiger partial charge in [0.05, 0.1) is 6.20 Å². The van der Waals surface area contributed by atoms with E-state index in [9.17, 15) is 0 Å². The van der Waals surface area contributed by atoms with Gasteiger partial charge in [-0.05, 0) is 6.92 Å². The average Bonchev–Trinajstić information content (AvgIpc) is 2.82. The summed E-state index contributed by atoms with van der Waals surface area (Å²) < 4.78 is 1.64. The minimum atomic E-state index is 0.674. The van der Waals surface area contributed by atoms with E-state index in [-0.39, 0.29) is 0 Å². The molecule has 0 aliphatic rings. The number of nitrogen functional groups attached to an aromatic ring is 1. The first-order chi connectivity index (χ1) is 8.78. The Morgan fingerprint density at radius 1 is 1.22 bits per heavy atom. The molecule has 3 aromatic rings. The molecule has 0 fully saturated rings. The van der Waals surface area contributed by atoms with Gasteiger partial charge in [-0.3, -0.25) is 9.97 Å². The maximum Gasteiger partial charge on any atom is 0.158 e. The summed E-state index contributed by atoms with van der Waals surface area (Å²) in [5, 5.41) is 4.40. The fourth-order valence-electron chi connectivity index (χ4n) is 1.76. The molecule has 3 rings (SSSR count). The van der Waals surface area contributed by atoms with Crippen LogP contribution in [-0.2, 0) is 0 Å². The lowest BCUT2D eigenvalue weighted by Crippen LogP contribution is -2.12. The van der Waals surface area contributed by atoms with E-state index in [2.05, 4.69) is 25.5 Å². The SMILES string of the molecule is Cc1cc(NN)n2nc(-c3cnccn3)cc2n1. The van der Waals surface area contributed by atoms with Crippen molar-refractivity contribution in [1.29, 1.82) is 0 Å². The predicted octanol–water partition coefficient (Wildman–Crippen LogP) is 0.780. The molecule has 7 nitrogen and oxygen atoms in total. The third-order valence-electron chi connectivity index (χ3n) is 2.53. The topological polar surface area (TPSA) is 94.0 Å². The predicted molar refractivity (Wildman–Crippen MR) is 66.6 cm³/mol. The average molecular weight is 241 g/mol. The van der Waals surface area contributed by atoms with Gasteiger partial charge in [0.25, 0.3) is 0 Å². The molecule has 18 heavy (non-hydrogen) atoms. The van der Waals surface area contributed by atoms with E-state index >= 15 is 0 Å². The zero-order valence-corrected chi connectivity index (χ0v) is 9.70. The number of anilines is 1. The standard InChI is InChI=1S/C11H11N7/c1-7-4-11(16-12)18-10(15-7)5-8(17-18)9-6-13-2-3-14-9/h2-6,16H,12H2,1H3. The highest BCUT2D eigenvalue weighted by atomic mass is 15.4. The van der Waals surface area contributed by atoms with Crippen LogP contribution in [0.2, 0.25) is 0 Å². The molecule has 3 N–H and O–H groups in total. The Bertz CT molecular complexity index is 689. The van der Waals surface area contributed by atoms with Gasteiger partial charge in [0.1, 0.15) is 17.2 Å². The second-order valence-electron chi connectivity index (χ2n) is 3.82. The van der Waals surface area contributed by atoms with Crippen molar-refractivity contribution in [3.8, 4) is 11.4 Å². The molecule has 0 atom stereocenters. The number of aromatic nitrogens is 5. The number of nitrogens with one attached hydrogen (secondary N) is 1. The van der Waals surface area contributed by atoms with Crippen molar-refractivity contribution in [1.82, 2.24) is 24.6 Å². The first-order valence-corrected chi connectivity index (χ1v) is 5.38. The molecule has 3 aromatic heterocycles. The minimum absolute atomic E-state index is 0.674. The molecule has 0 amide bonds. The number of hydrogen-bond acceptors (Lipinski definition) is 6. The Hall–Kier alpha value is -2.54. The first-order valence-electron chi connectivity index (χ1n) is 5.38. The number of nitrogens with two attached hydrogens (primary N) is 1. The van der Waals surface area contributed by atoms with Crippen molar-refractivity contribution in [2.45, 2.75) is 6.92 Å². The van der Waals surface area contributed by atoms with Crippen LogP contribution < -0.4 is 11.3 Å². The van der Waals surface area contributed by atoms with Crippen LogP contribution in [0.25, 0.3) is 17.0 Å². The molecule has 0 saturated heterocycles. The summed E-state index contributed by atoms with van der Waals surface area (Å²) in [6.45, 7) is 1.90. The fourth-order valence-corrected chi connectivity index (χ4v) is 1.76. The Morgan fingerprint density at radius 3 is 2.83 bits per heavy atom. The lowest BCUT2D eigenvalue weighted by molar-refractivity contribution is 0.927. The van der Waals surface area contributed by atoms with Crippen LogP contribution in [0.1, 0.15) is 5.69 Å². The quantitative estimate of drug-likeness (QED) is 0.508. The summed E-state index contributed by atoms with van der Waals surface area (Å²) in [5.74, 6) is 6.14. The maximum absolute atomic E-state index is 5.47. The number of hydrogen-bond donors (Lipinski definition) is 2. The molecule has 0 aromatic carbocycles. The monoisotopic (exact) mass is 241 g/mol. The van der Waals surface area contributed by atoms with Gasteiger partial charge in [0.2, 0.25) is 0 Å². The Kier molecular flexibility index (Phi) is 2.38. The van der Waals surface area contributed by atoms with Crippen molar-refractivity contribution in [2.24, 2.45) is 5.84 Å². The number of hydrazine groups is 1. The highest BCUT2D eigenvalue weighted by Gasteiger charge is 2.09. The van der Waals surface area contributed by atoms with Gasteiger partial charge in [-0.15, -0.1) is 0 Å². The summed E-state index contributed by atoms with van der Waals surface area (Å²) in [7, 11) is 0. The van der Waals surface area contributed by atoms with Crippen LogP contribution in [-0.4, -0.2) is 24.6 Å². The second-order valence-corrected chi connectivity index (χ2v) is 3.82. The van der Waals surface area contributed by atoms with Gasteiger partial charge in [-0.2, -0.15) is 9.61 Å². The van der Waals surface area contributed by atoms with Crippen molar-refractivity contribution in [3.63, 3.8) is 0 Å². The van der Waals surface area contributed by atoms with E-state index in [1.807, 2.05) is 19.1 Å². The van der Waals surface area contributed by atoms with Crippen LogP contribution in [0, 0.1) is 6.92 Å². The second kappa shape index (κ2) is 4.04. The summed E-state index contributed by atoms with van der Waals surface area (Å²) in [6.07, 6.45) is 4.90. The highest BCUT2D eigenvalue weighted by Crippen LogP contribution is 2.18. The van der Waals surface area contributed by atoms with Gasteiger partial charge in [0, 0.05) is 30.2 Å². The molecule has 90 valence electrons. The van der Waals surface area contributed by atoms with E-state index in [0.29, 0.717) is 22.9 Å². The molecule has 0 spiro atoms. The van der Waals surface area contributed by atoms with Gasteiger partial charge in [-0.1, -0.05) is 0 Å². The van der Waals surface area contributed by atoms with E-state index in [1.54, 1.807) is 23.1 Å². The first kappa shape index (κ1) is 10.6. The lowest BCUT2D eigenvalue weighted by Gasteiger charge is -2.03. The fraction of sp³-hybridized carbons (Fsp3) is 0.0909. The van der Waals surface area contributed by atoms with Gasteiger partial charge in [0.15, 0.2) is 5.65 Å². The van der Waals surface area contributed by atoms with E-state index in [0.717, 1.165) is 5.69 Å². The Morgan fingerprint density at radius 2 is 2.11 bits per heavy atom. The molecule has 0 saturated carbocycles. The van der Waals surface area contributed by atoms with Gasteiger partial charge < -0.3 is 5.43 Å². The van der Waals surface area contributed by atoms with Crippen LogP contribution in [0.15, 0.2) is 30.7 Å². The van der Waals surface area contributed by atoms with Crippen LogP contribution >= 0.6 is 0 Å². The molecule has 3 heterocycles. The Balaban J connectivity index is 2.23. The smallest absolute Gasteiger partial charge is 0.158 e. The largest absolute Gasteiger partial charge is 0.308 e. The molecule has 0 aliphatic heterocycles. The number of rotatable bonds is 2. The number of aryl methyl sites for hydroxylation is 1. The van der Waals surface area contributed by atoms with Crippen LogP contribution in [0.5, 0.6) is 0 Å². The van der Waals surface area contributed by atoms with Gasteiger partial charge in [-0.25, -0.2) is 10.8 Å². The Labute approximate surface area is 103 Å². The normalized spacial score (nSPS) is 10.8. The zero-order chi connectivity index (χ0) is 12.5. The summed E-state index contributed by atoms with van der Waals surface area (Å²) in [6, 6.07) is 3.66. The molecular formula is C11H11N7. The molecule has 7 heteroatoms. The van der Waals surface area contributed by atoms with E-state index in [4.69, 9.17) is 5.84 Å². The third-order valence-corrected chi connectivity index (χ3v) is 2.53.